The molecule has 408 valence electrons. The van der Waals surface area contributed by atoms with Crippen LogP contribution < -0.4 is 48.7 Å². The topological polar surface area (TPSA) is 332 Å². The first-order chi connectivity index (χ1) is 35.7. The molecule has 3 unspecified atom stereocenters. The summed E-state index contributed by atoms with van der Waals surface area (Å²) >= 11 is 0. The van der Waals surface area contributed by atoms with Crippen molar-refractivity contribution in [1.29, 1.82) is 0 Å². The number of aromatic nitrogens is 1. The molecule has 0 bridgehead atoms. The Hall–Kier alpha value is -6.22. The molecule has 0 saturated carbocycles. The number of carbonyl (C=O) groups is 7. The maximum absolute atomic E-state index is 14.8. The number of rotatable bonds is 17. The number of hydrogen-bond donors (Lipinski definition) is 13. The van der Waals surface area contributed by atoms with Crippen LogP contribution in [0.25, 0.3) is 10.9 Å². The smallest absolute Gasteiger partial charge is 0.394 e. The second-order valence-corrected chi connectivity index (χ2v) is 20.7. The number of alkyl halides is 3. The third-order valence-corrected chi connectivity index (χ3v) is 14.7. The van der Waals surface area contributed by atoms with Crippen LogP contribution in [0.4, 0.5) is 13.2 Å². The van der Waals surface area contributed by atoms with Gasteiger partial charge in [0.1, 0.15) is 41.9 Å². The summed E-state index contributed by atoms with van der Waals surface area (Å²) in [7, 11) is 1.89. The number of aliphatic hydroxyl groups is 3. The summed E-state index contributed by atoms with van der Waals surface area (Å²) in [6, 6.07) is 10.8. The number of nitrogens with two attached hydrogens (primary N) is 2. The van der Waals surface area contributed by atoms with Gasteiger partial charge in [0.15, 0.2) is 0 Å². The van der Waals surface area contributed by atoms with E-state index in [4.69, 9.17) is 11.5 Å². The molecule has 0 spiro atoms. The zero-order valence-electron chi connectivity index (χ0n) is 41.2. The summed E-state index contributed by atoms with van der Waals surface area (Å²) in [4.78, 5) is 102. The van der Waals surface area contributed by atoms with E-state index in [1.165, 1.54) is 38.1 Å². The molecule has 1 saturated heterocycles. The van der Waals surface area contributed by atoms with Gasteiger partial charge in [0, 0.05) is 35.3 Å². The molecule has 10 atom stereocenters. The van der Waals surface area contributed by atoms with E-state index in [9.17, 15) is 62.1 Å². The fraction of sp³-hybridized carbons (Fsp3) is 0.460. The highest BCUT2D eigenvalue weighted by atomic mass is 33.1. The van der Waals surface area contributed by atoms with E-state index in [-0.39, 0.29) is 54.6 Å². The summed E-state index contributed by atoms with van der Waals surface area (Å²) in [5.41, 5.74) is 11.7. The van der Waals surface area contributed by atoms with Gasteiger partial charge in [0.05, 0.1) is 30.9 Å². The number of halogens is 3. The Labute approximate surface area is 439 Å². The van der Waals surface area contributed by atoms with E-state index in [2.05, 4.69) is 42.2 Å². The maximum Gasteiger partial charge on any atom is 0.431 e. The predicted octanol–water partition coefficient (Wildman–Crippen LogP) is 0.213. The van der Waals surface area contributed by atoms with Crippen molar-refractivity contribution in [2.75, 3.05) is 24.7 Å². The van der Waals surface area contributed by atoms with Gasteiger partial charge >= 0.3 is 6.18 Å². The van der Waals surface area contributed by atoms with Crippen molar-refractivity contribution in [3.05, 3.63) is 107 Å². The SMILES string of the molecule is C[C@@H](O)C1NC(=O)[C@H](CCCCN)NC(=O)[C@@H](Cc2c(C(F)(F)F)[nH]c3ccccc23)NC(=O)C(Cc2ccccc2)NC(=O)[C@@H](NC(=O)[C@H](N)Cc2ccccc2)CSSCC(C(=O)N[C@H](CO)[C@@H](C)O)NC1=O. The fourth-order valence-corrected chi connectivity index (χ4v) is 10.4. The molecule has 5 rings (SSSR count). The number of aliphatic hydroxyl groups excluding tert-OH is 3. The van der Waals surface area contributed by atoms with Gasteiger partial charge in [0.2, 0.25) is 41.4 Å². The number of H-pyrrole nitrogens is 1. The van der Waals surface area contributed by atoms with Crippen molar-refractivity contribution >= 4 is 73.8 Å². The molecule has 1 aliphatic rings. The number of fused-ring (bicyclic) bond motifs is 1. The highest BCUT2D eigenvalue weighted by Gasteiger charge is 2.40. The van der Waals surface area contributed by atoms with Crippen molar-refractivity contribution in [2.24, 2.45) is 11.5 Å². The van der Waals surface area contributed by atoms with Crippen LogP contribution in [-0.2, 0) is 59.0 Å². The molecule has 0 radical (unpaired) electrons. The van der Waals surface area contributed by atoms with E-state index >= 15 is 0 Å². The number of hydrogen-bond acceptors (Lipinski definition) is 14. The Bertz CT molecular complexity index is 2560. The minimum absolute atomic E-state index is 0.0669. The van der Waals surface area contributed by atoms with Crippen LogP contribution in [0, 0.1) is 0 Å². The number of carbonyl (C=O) groups excluding carboxylic acids is 7. The Morgan fingerprint density at radius 1 is 0.733 bits per heavy atom. The van der Waals surface area contributed by atoms with Gasteiger partial charge in [-0.1, -0.05) is 100 Å². The first-order valence-corrected chi connectivity index (χ1v) is 26.7. The van der Waals surface area contributed by atoms with E-state index in [0.717, 1.165) is 21.6 Å². The number of para-hydroxylation sites is 1. The van der Waals surface area contributed by atoms with Crippen LogP contribution in [-0.4, -0.2) is 147 Å². The van der Waals surface area contributed by atoms with Crippen molar-refractivity contribution in [3.8, 4) is 0 Å². The van der Waals surface area contributed by atoms with E-state index < -0.39 is 132 Å². The molecule has 75 heavy (non-hydrogen) atoms. The molecular weight excluding hydrogens is 1020 g/mol. The molecule has 1 aliphatic heterocycles. The summed E-state index contributed by atoms with van der Waals surface area (Å²) in [6.07, 6.45) is -8.47. The highest BCUT2D eigenvalue weighted by Crippen LogP contribution is 2.36. The lowest BCUT2D eigenvalue weighted by atomic mass is 9.99. The molecule has 20 nitrogen and oxygen atoms in total. The molecular formula is C50H65F3N10O10S2. The van der Waals surface area contributed by atoms with Gasteiger partial charge in [-0.15, -0.1) is 0 Å². The normalized spacial score (nSPS) is 22.5. The monoisotopic (exact) mass is 1090 g/mol. The Balaban J connectivity index is 1.62. The molecule has 15 N–H and O–H groups in total. The van der Waals surface area contributed by atoms with Crippen LogP contribution in [0.15, 0.2) is 84.9 Å². The Kier molecular flexibility index (Phi) is 22.8. The molecule has 4 aromatic rings. The summed E-state index contributed by atoms with van der Waals surface area (Å²) in [6.45, 7) is 1.94. The summed E-state index contributed by atoms with van der Waals surface area (Å²) in [5.74, 6) is -7.43. The average molecular weight is 1090 g/mol. The van der Waals surface area contributed by atoms with Crippen LogP contribution >= 0.6 is 21.6 Å². The van der Waals surface area contributed by atoms with Crippen molar-refractivity contribution in [2.45, 2.75) is 119 Å². The van der Waals surface area contributed by atoms with Crippen LogP contribution in [0.5, 0.6) is 0 Å². The number of amides is 7. The van der Waals surface area contributed by atoms with Gasteiger partial charge < -0.3 is 69.0 Å². The van der Waals surface area contributed by atoms with E-state index in [0.29, 0.717) is 17.5 Å². The standard InChI is InChI=1S/C50H65F3N10O10S2/c1-27(65)38(24-64)60-48(72)40-26-75-74-25-39(61-43(67)33(55)21-29-13-5-3-6-14-29)47(71)58-36(22-30-15-7-4-8-16-30)45(69)59-37(23-32-31-17-9-10-18-34(31)56-42(32)50(51,52)53)46(70)57-35(19-11-12-20-54)44(68)63-41(28(2)66)49(73)62-40/h3-10,13-18,27-28,33,35-41,56,64-66H,11-12,19-26,54-55H2,1-2H3,(H,57,70)(H,58,71)(H,59,69)(H,60,72)(H,61,67)(H,62,73)(H,63,68)/t27-,28-,33-,35+,36?,37-,38-,39+,40?,41?/m1/s1. The molecule has 2 heterocycles. The van der Waals surface area contributed by atoms with Crippen molar-refractivity contribution in [1.82, 2.24) is 42.2 Å². The lowest BCUT2D eigenvalue weighted by Gasteiger charge is -2.29. The van der Waals surface area contributed by atoms with Gasteiger partial charge in [-0.05, 0) is 68.8 Å². The third kappa shape index (κ3) is 17.7. The Morgan fingerprint density at radius 3 is 1.92 bits per heavy atom. The lowest BCUT2D eigenvalue weighted by Crippen LogP contribution is -2.62. The molecule has 25 heteroatoms. The lowest BCUT2D eigenvalue weighted by molar-refractivity contribution is -0.141. The van der Waals surface area contributed by atoms with Crippen LogP contribution in [0.3, 0.4) is 0 Å². The second-order valence-electron chi connectivity index (χ2n) is 18.1. The van der Waals surface area contributed by atoms with Crippen molar-refractivity contribution < 1.29 is 62.1 Å². The van der Waals surface area contributed by atoms with E-state index in [1.807, 2.05) is 0 Å². The average Bonchev–Trinajstić information content (AvgIpc) is 3.75. The van der Waals surface area contributed by atoms with Gasteiger partial charge in [-0.2, -0.15) is 13.2 Å². The summed E-state index contributed by atoms with van der Waals surface area (Å²) < 4.78 is 44.4. The van der Waals surface area contributed by atoms with Gasteiger partial charge in [-0.3, -0.25) is 33.6 Å². The predicted molar refractivity (Wildman–Crippen MR) is 277 cm³/mol. The second kappa shape index (κ2) is 28.6. The molecule has 1 aromatic heterocycles. The molecule has 0 aliphatic carbocycles. The molecule has 1 fully saturated rings. The minimum Gasteiger partial charge on any atom is -0.394 e. The van der Waals surface area contributed by atoms with Crippen LogP contribution in [0.1, 0.15) is 55.5 Å². The number of aromatic amines is 1. The third-order valence-electron chi connectivity index (χ3n) is 12.3. The van der Waals surface area contributed by atoms with Crippen LogP contribution in [0.2, 0.25) is 0 Å². The highest BCUT2D eigenvalue weighted by molar-refractivity contribution is 8.76. The minimum atomic E-state index is -4.98. The van der Waals surface area contributed by atoms with Crippen molar-refractivity contribution in [3.63, 3.8) is 0 Å². The fourth-order valence-electron chi connectivity index (χ4n) is 8.07. The maximum atomic E-state index is 14.8. The first-order valence-electron chi connectivity index (χ1n) is 24.2. The quantitative estimate of drug-likeness (QED) is 0.0497. The zero-order valence-corrected chi connectivity index (χ0v) is 42.9. The molecule has 3 aromatic carbocycles. The van der Waals surface area contributed by atoms with Gasteiger partial charge in [-0.25, -0.2) is 0 Å². The van der Waals surface area contributed by atoms with Gasteiger partial charge in [0.25, 0.3) is 0 Å². The summed E-state index contributed by atoms with van der Waals surface area (Å²) in [5, 5.41) is 48.8. The molecule has 7 amide bonds. The Morgan fingerprint density at radius 2 is 1.31 bits per heavy atom. The first kappa shape index (κ1) is 59.7. The number of unbranched alkanes of at least 4 members (excludes halogenated alkanes) is 1. The number of benzene rings is 3. The zero-order chi connectivity index (χ0) is 54.8. The van der Waals surface area contributed by atoms with E-state index in [1.54, 1.807) is 60.7 Å². The largest absolute Gasteiger partial charge is 0.431 e. The number of nitrogens with one attached hydrogen (secondary N) is 8.